The average Bonchev–Trinajstić information content (AvgIpc) is 3.28. The van der Waals surface area contributed by atoms with Crippen molar-refractivity contribution in [3.63, 3.8) is 0 Å². The third kappa shape index (κ3) is 6.20. The Labute approximate surface area is 185 Å². The number of methoxy groups -OCH3 is 2. The molecule has 1 aliphatic heterocycles. The normalized spacial score (nSPS) is 16.2. The van der Waals surface area contributed by atoms with Gasteiger partial charge in [0.15, 0.2) is 17.5 Å². The molecule has 0 aliphatic carbocycles. The van der Waals surface area contributed by atoms with Gasteiger partial charge in [0.05, 0.1) is 20.8 Å². The van der Waals surface area contributed by atoms with E-state index in [2.05, 4.69) is 34.6 Å². The van der Waals surface area contributed by atoms with E-state index in [1.165, 1.54) is 5.69 Å². The fourth-order valence-corrected chi connectivity index (χ4v) is 3.71. The minimum atomic E-state index is 0.511. The van der Waals surface area contributed by atoms with Crippen LogP contribution in [0.3, 0.4) is 0 Å². The molecular weight excluding hydrogens is 392 g/mol. The first-order valence-corrected chi connectivity index (χ1v) is 10.9. The summed E-state index contributed by atoms with van der Waals surface area (Å²) in [6.45, 7) is 8.21. The van der Waals surface area contributed by atoms with E-state index in [0.29, 0.717) is 18.3 Å². The standard InChI is InChI=1S/C24H34N4O3/c1-5-25-24(27-19-10-11-22(31-6-2)23(14-19)30-4)26-16-18-12-13-28(17-18)20-8-7-9-21(15-20)29-3/h7-11,14-15,18H,5-6,12-13,16-17H2,1-4H3,(H2,25,26,27). The molecule has 3 rings (SSSR count). The lowest BCUT2D eigenvalue weighted by Crippen LogP contribution is -2.31. The van der Waals surface area contributed by atoms with Crippen LogP contribution in [-0.4, -0.2) is 53.0 Å². The number of aliphatic imine (C=N–C) groups is 1. The highest BCUT2D eigenvalue weighted by Crippen LogP contribution is 2.30. The monoisotopic (exact) mass is 426 g/mol. The number of rotatable bonds is 9. The minimum Gasteiger partial charge on any atom is -0.497 e. The highest BCUT2D eigenvalue weighted by Gasteiger charge is 2.23. The molecule has 1 atom stereocenters. The Morgan fingerprint density at radius 2 is 1.97 bits per heavy atom. The van der Waals surface area contributed by atoms with Crippen molar-refractivity contribution in [3.05, 3.63) is 42.5 Å². The van der Waals surface area contributed by atoms with Gasteiger partial charge in [-0.3, -0.25) is 4.99 Å². The quantitative estimate of drug-likeness (QED) is 0.467. The number of benzene rings is 2. The summed E-state index contributed by atoms with van der Waals surface area (Å²) in [5.74, 6) is 3.61. The van der Waals surface area contributed by atoms with Crippen LogP contribution >= 0.6 is 0 Å². The van der Waals surface area contributed by atoms with Crippen molar-refractivity contribution < 1.29 is 14.2 Å². The van der Waals surface area contributed by atoms with E-state index in [-0.39, 0.29) is 0 Å². The Balaban J connectivity index is 1.62. The summed E-state index contributed by atoms with van der Waals surface area (Å²) in [6.07, 6.45) is 1.12. The Morgan fingerprint density at radius 3 is 2.71 bits per heavy atom. The molecule has 0 aromatic heterocycles. The van der Waals surface area contributed by atoms with Crippen molar-refractivity contribution in [2.75, 3.05) is 57.2 Å². The fourth-order valence-electron chi connectivity index (χ4n) is 3.71. The van der Waals surface area contributed by atoms with Crippen molar-refractivity contribution in [1.82, 2.24) is 5.32 Å². The van der Waals surface area contributed by atoms with Crippen molar-refractivity contribution in [1.29, 1.82) is 0 Å². The third-order valence-corrected chi connectivity index (χ3v) is 5.28. The van der Waals surface area contributed by atoms with Crippen LogP contribution in [0, 0.1) is 5.92 Å². The Bertz CT molecular complexity index is 872. The number of nitrogens with one attached hydrogen (secondary N) is 2. The molecule has 7 nitrogen and oxygen atoms in total. The van der Waals surface area contributed by atoms with Crippen LogP contribution in [0.15, 0.2) is 47.5 Å². The second-order valence-electron chi connectivity index (χ2n) is 7.45. The maximum Gasteiger partial charge on any atom is 0.195 e. The van der Waals surface area contributed by atoms with Gasteiger partial charge in [0.2, 0.25) is 0 Å². The van der Waals surface area contributed by atoms with Crippen molar-refractivity contribution >= 4 is 17.3 Å². The van der Waals surface area contributed by atoms with Gasteiger partial charge in [0.1, 0.15) is 5.75 Å². The van der Waals surface area contributed by atoms with Gasteiger partial charge in [-0.1, -0.05) is 6.07 Å². The highest BCUT2D eigenvalue weighted by atomic mass is 16.5. The molecule has 2 N–H and O–H groups in total. The number of nitrogens with zero attached hydrogens (tertiary/aromatic N) is 2. The SMILES string of the molecule is CCNC(=NCC1CCN(c2cccc(OC)c2)C1)Nc1ccc(OCC)c(OC)c1. The Hall–Kier alpha value is -3.09. The molecule has 31 heavy (non-hydrogen) atoms. The number of anilines is 2. The summed E-state index contributed by atoms with van der Waals surface area (Å²) in [4.78, 5) is 7.24. The van der Waals surface area contributed by atoms with E-state index in [9.17, 15) is 0 Å². The zero-order valence-corrected chi connectivity index (χ0v) is 19.0. The van der Waals surface area contributed by atoms with Gasteiger partial charge >= 0.3 is 0 Å². The lowest BCUT2D eigenvalue weighted by atomic mass is 10.1. The van der Waals surface area contributed by atoms with E-state index in [0.717, 1.165) is 55.7 Å². The molecular formula is C24H34N4O3. The smallest absolute Gasteiger partial charge is 0.195 e. The van der Waals surface area contributed by atoms with E-state index in [1.54, 1.807) is 14.2 Å². The number of hydrogen-bond donors (Lipinski definition) is 2. The molecule has 1 fully saturated rings. The maximum atomic E-state index is 5.60. The third-order valence-electron chi connectivity index (χ3n) is 5.28. The zero-order valence-electron chi connectivity index (χ0n) is 19.0. The molecule has 2 aromatic carbocycles. The van der Waals surface area contributed by atoms with Gasteiger partial charge in [0, 0.05) is 49.7 Å². The first-order chi connectivity index (χ1) is 15.2. The Kier molecular flexibility index (Phi) is 8.27. The zero-order chi connectivity index (χ0) is 22.1. The van der Waals surface area contributed by atoms with Crippen LogP contribution in [0.2, 0.25) is 0 Å². The minimum absolute atomic E-state index is 0.511. The van der Waals surface area contributed by atoms with Crippen LogP contribution in [-0.2, 0) is 0 Å². The molecule has 0 spiro atoms. The average molecular weight is 427 g/mol. The summed E-state index contributed by atoms with van der Waals surface area (Å²) >= 11 is 0. The molecule has 0 saturated carbocycles. The van der Waals surface area contributed by atoms with E-state index < -0.39 is 0 Å². The second kappa shape index (κ2) is 11.3. The fraction of sp³-hybridized carbons (Fsp3) is 0.458. The van der Waals surface area contributed by atoms with Crippen LogP contribution in [0.4, 0.5) is 11.4 Å². The molecule has 2 aromatic rings. The second-order valence-corrected chi connectivity index (χ2v) is 7.45. The summed E-state index contributed by atoms with van der Waals surface area (Å²) in [5, 5.41) is 6.71. The van der Waals surface area contributed by atoms with E-state index in [4.69, 9.17) is 19.2 Å². The highest BCUT2D eigenvalue weighted by molar-refractivity contribution is 5.93. The number of ether oxygens (including phenoxy) is 3. The molecule has 1 aliphatic rings. The van der Waals surface area contributed by atoms with Crippen molar-refractivity contribution in [2.45, 2.75) is 20.3 Å². The van der Waals surface area contributed by atoms with Crippen LogP contribution < -0.4 is 29.7 Å². The predicted octanol–water partition coefficient (Wildman–Crippen LogP) is 4.01. The topological polar surface area (TPSA) is 67.4 Å². The predicted molar refractivity (Wildman–Crippen MR) is 127 cm³/mol. The van der Waals surface area contributed by atoms with Gasteiger partial charge < -0.3 is 29.7 Å². The van der Waals surface area contributed by atoms with Crippen molar-refractivity contribution in [3.8, 4) is 17.2 Å². The molecule has 0 radical (unpaired) electrons. The van der Waals surface area contributed by atoms with Gasteiger partial charge in [-0.15, -0.1) is 0 Å². The first-order valence-electron chi connectivity index (χ1n) is 10.9. The lowest BCUT2D eigenvalue weighted by Gasteiger charge is -2.19. The Morgan fingerprint density at radius 1 is 1.10 bits per heavy atom. The molecule has 0 amide bonds. The summed E-state index contributed by atoms with van der Waals surface area (Å²) in [5.41, 5.74) is 2.11. The van der Waals surface area contributed by atoms with E-state index >= 15 is 0 Å². The van der Waals surface area contributed by atoms with Gasteiger partial charge in [-0.05, 0) is 50.5 Å². The first kappa shape index (κ1) is 22.6. The van der Waals surface area contributed by atoms with Gasteiger partial charge in [-0.2, -0.15) is 0 Å². The summed E-state index contributed by atoms with van der Waals surface area (Å²) in [6, 6.07) is 14.1. The van der Waals surface area contributed by atoms with Crippen LogP contribution in [0.25, 0.3) is 0 Å². The number of hydrogen-bond acceptors (Lipinski definition) is 5. The maximum absolute atomic E-state index is 5.60. The lowest BCUT2D eigenvalue weighted by molar-refractivity contribution is 0.311. The van der Waals surface area contributed by atoms with Gasteiger partial charge in [-0.25, -0.2) is 0 Å². The van der Waals surface area contributed by atoms with Crippen LogP contribution in [0.1, 0.15) is 20.3 Å². The van der Waals surface area contributed by atoms with Crippen molar-refractivity contribution in [2.24, 2.45) is 10.9 Å². The molecule has 1 unspecified atom stereocenters. The molecule has 1 heterocycles. The molecule has 1 saturated heterocycles. The van der Waals surface area contributed by atoms with E-state index in [1.807, 2.05) is 37.3 Å². The molecule has 0 bridgehead atoms. The van der Waals surface area contributed by atoms with Gasteiger partial charge in [0.25, 0.3) is 0 Å². The van der Waals surface area contributed by atoms with Crippen LogP contribution in [0.5, 0.6) is 17.2 Å². The molecule has 168 valence electrons. The summed E-state index contributed by atoms with van der Waals surface area (Å²) < 4.78 is 16.4. The summed E-state index contributed by atoms with van der Waals surface area (Å²) in [7, 11) is 3.35. The largest absolute Gasteiger partial charge is 0.497 e. The number of guanidine groups is 1. The molecule has 7 heteroatoms.